The third-order valence-electron chi connectivity index (χ3n) is 3.60. The van der Waals surface area contributed by atoms with Crippen LogP contribution < -0.4 is 10.9 Å². The molecule has 122 valence electrons. The fourth-order valence-corrected chi connectivity index (χ4v) is 3.26. The molecule has 0 atom stereocenters. The van der Waals surface area contributed by atoms with E-state index in [0.29, 0.717) is 11.3 Å². The minimum atomic E-state index is -0.284. The highest BCUT2D eigenvalue weighted by molar-refractivity contribution is 7.21. The zero-order valence-electron chi connectivity index (χ0n) is 12.9. The number of hydrogen-bond acceptors (Lipinski definition) is 5. The highest BCUT2D eigenvalue weighted by Gasteiger charge is 2.09. The van der Waals surface area contributed by atoms with Crippen molar-refractivity contribution in [2.45, 2.75) is 0 Å². The summed E-state index contributed by atoms with van der Waals surface area (Å²) in [6.45, 7) is 0. The summed E-state index contributed by atoms with van der Waals surface area (Å²) < 4.78 is 0. The quantitative estimate of drug-likeness (QED) is 0.595. The van der Waals surface area contributed by atoms with Crippen LogP contribution in [0.25, 0.3) is 20.9 Å². The second-order valence-electron chi connectivity index (χ2n) is 5.32. The van der Waals surface area contributed by atoms with Crippen molar-refractivity contribution in [3.05, 3.63) is 76.8 Å². The minimum absolute atomic E-state index is 0.244. The van der Waals surface area contributed by atoms with Crippen LogP contribution in [0.3, 0.4) is 0 Å². The number of pyridine rings is 2. The number of aromatic amines is 1. The van der Waals surface area contributed by atoms with Crippen molar-refractivity contribution in [1.29, 1.82) is 0 Å². The Kier molecular flexibility index (Phi) is 3.83. The number of nitrogens with one attached hydrogen (secondary N) is 2. The molecule has 0 saturated heterocycles. The summed E-state index contributed by atoms with van der Waals surface area (Å²) in [5.41, 5.74) is 2.65. The number of hydrogen-bond donors (Lipinski definition) is 2. The van der Waals surface area contributed by atoms with Crippen LogP contribution in [0, 0.1) is 0 Å². The molecule has 0 unspecified atom stereocenters. The highest BCUT2D eigenvalue weighted by Crippen LogP contribution is 2.29. The van der Waals surface area contributed by atoms with Gasteiger partial charge in [0.15, 0.2) is 0 Å². The lowest BCUT2D eigenvalue weighted by Gasteiger charge is -2.05. The van der Waals surface area contributed by atoms with E-state index in [1.807, 2.05) is 36.4 Å². The third-order valence-corrected chi connectivity index (χ3v) is 4.63. The fraction of sp³-hybridized carbons (Fsp3) is 0. The Bertz CT molecular complexity index is 1060. The van der Waals surface area contributed by atoms with Crippen molar-refractivity contribution in [2.24, 2.45) is 0 Å². The molecule has 25 heavy (non-hydrogen) atoms. The maximum absolute atomic E-state index is 12.1. The topological polar surface area (TPSA) is 87.7 Å². The lowest BCUT2D eigenvalue weighted by atomic mass is 10.2. The van der Waals surface area contributed by atoms with E-state index in [0.717, 1.165) is 20.9 Å². The summed E-state index contributed by atoms with van der Waals surface area (Å²) in [5, 5.41) is 3.67. The van der Waals surface area contributed by atoms with Gasteiger partial charge in [0.1, 0.15) is 15.4 Å². The van der Waals surface area contributed by atoms with E-state index in [4.69, 9.17) is 0 Å². The molecule has 1 aromatic carbocycles. The van der Waals surface area contributed by atoms with Gasteiger partial charge in [-0.25, -0.2) is 9.97 Å². The van der Waals surface area contributed by atoms with Crippen molar-refractivity contribution in [2.75, 3.05) is 5.32 Å². The molecule has 0 spiro atoms. The molecule has 0 aliphatic heterocycles. The van der Waals surface area contributed by atoms with E-state index in [-0.39, 0.29) is 11.5 Å². The summed E-state index contributed by atoms with van der Waals surface area (Å²) in [5.74, 6) is -0.284. The van der Waals surface area contributed by atoms with Crippen LogP contribution in [0.15, 0.2) is 65.7 Å². The van der Waals surface area contributed by atoms with Gasteiger partial charge in [0.25, 0.3) is 5.91 Å². The maximum Gasteiger partial charge on any atom is 0.257 e. The molecule has 2 N–H and O–H groups in total. The van der Waals surface area contributed by atoms with E-state index < -0.39 is 0 Å². The summed E-state index contributed by atoms with van der Waals surface area (Å²) >= 11 is 1.53. The Balaban J connectivity index is 1.54. The minimum Gasteiger partial charge on any atom is -0.328 e. The monoisotopic (exact) mass is 348 g/mol. The number of benzene rings is 1. The van der Waals surface area contributed by atoms with Crippen molar-refractivity contribution < 1.29 is 4.79 Å². The Labute approximate surface area is 146 Å². The smallest absolute Gasteiger partial charge is 0.257 e. The normalized spacial score (nSPS) is 10.7. The number of carbonyl (C=O) groups is 1. The van der Waals surface area contributed by atoms with Crippen molar-refractivity contribution >= 4 is 33.3 Å². The third kappa shape index (κ3) is 3.17. The number of rotatable bonds is 3. The van der Waals surface area contributed by atoms with Gasteiger partial charge in [0, 0.05) is 29.7 Å². The van der Waals surface area contributed by atoms with E-state index in [1.54, 1.807) is 6.20 Å². The number of anilines is 1. The largest absolute Gasteiger partial charge is 0.328 e. The molecule has 0 aliphatic rings. The molecule has 0 radical (unpaired) electrons. The lowest BCUT2D eigenvalue weighted by molar-refractivity contribution is 0.102. The van der Waals surface area contributed by atoms with Gasteiger partial charge in [0.2, 0.25) is 5.56 Å². The summed E-state index contributed by atoms with van der Waals surface area (Å²) in [4.78, 5) is 35.4. The molecule has 6 nitrogen and oxygen atoms in total. The molecule has 1 amide bonds. The molecule has 0 aliphatic carbocycles. The first-order valence-electron chi connectivity index (χ1n) is 7.51. The van der Waals surface area contributed by atoms with Crippen molar-refractivity contribution in [3.63, 3.8) is 0 Å². The predicted molar refractivity (Wildman–Crippen MR) is 97.9 cm³/mol. The van der Waals surface area contributed by atoms with Gasteiger partial charge in [-0.15, -0.1) is 0 Å². The summed E-state index contributed by atoms with van der Waals surface area (Å²) in [7, 11) is 0. The van der Waals surface area contributed by atoms with Crippen LogP contribution in [0.1, 0.15) is 10.4 Å². The van der Waals surface area contributed by atoms with Gasteiger partial charge in [-0.3, -0.25) is 9.59 Å². The van der Waals surface area contributed by atoms with E-state index in [9.17, 15) is 9.59 Å². The van der Waals surface area contributed by atoms with Gasteiger partial charge < -0.3 is 10.3 Å². The zero-order valence-corrected chi connectivity index (χ0v) is 13.7. The molecule has 0 fully saturated rings. The number of aromatic nitrogens is 3. The van der Waals surface area contributed by atoms with Gasteiger partial charge in [-0.1, -0.05) is 11.3 Å². The number of nitrogens with zero attached hydrogens (tertiary/aromatic N) is 2. The van der Waals surface area contributed by atoms with Gasteiger partial charge in [-0.05, 0) is 42.5 Å². The van der Waals surface area contributed by atoms with Gasteiger partial charge in [-0.2, -0.15) is 0 Å². The molecule has 3 heterocycles. The summed E-state index contributed by atoms with van der Waals surface area (Å²) in [6, 6.07) is 14.0. The molecule has 3 aromatic heterocycles. The van der Waals surface area contributed by atoms with Crippen molar-refractivity contribution in [3.8, 4) is 10.6 Å². The predicted octanol–water partition coefficient (Wildman–Crippen LogP) is 3.30. The van der Waals surface area contributed by atoms with Gasteiger partial charge >= 0.3 is 0 Å². The molecule has 4 rings (SSSR count). The second-order valence-corrected chi connectivity index (χ2v) is 6.30. The van der Waals surface area contributed by atoms with E-state index in [1.165, 1.54) is 29.7 Å². The maximum atomic E-state index is 12.1. The Morgan fingerprint density at radius 3 is 2.64 bits per heavy atom. The second kappa shape index (κ2) is 6.29. The molecule has 0 bridgehead atoms. The molecular weight excluding hydrogens is 336 g/mol. The lowest BCUT2D eigenvalue weighted by Crippen LogP contribution is -2.14. The zero-order chi connectivity index (χ0) is 17.2. The Hall–Kier alpha value is -3.32. The van der Waals surface area contributed by atoms with Crippen LogP contribution in [0.5, 0.6) is 0 Å². The first-order chi connectivity index (χ1) is 12.2. The van der Waals surface area contributed by atoms with E-state index in [2.05, 4.69) is 20.3 Å². The first kappa shape index (κ1) is 15.2. The number of fused-ring (bicyclic) bond motifs is 1. The van der Waals surface area contributed by atoms with Crippen LogP contribution in [-0.2, 0) is 0 Å². The fourth-order valence-electron chi connectivity index (χ4n) is 2.34. The SMILES string of the molecule is O=C(Nc1ccc(-c2nc3cccnc3s2)cc1)c1ccc(=O)[nH]c1. The van der Waals surface area contributed by atoms with Crippen LogP contribution in [-0.4, -0.2) is 20.9 Å². The Morgan fingerprint density at radius 2 is 1.92 bits per heavy atom. The van der Waals surface area contributed by atoms with E-state index >= 15 is 0 Å². The van der Waals surface area contributed by atoms with Crippen molar-refractivity contribution in [1.82, 2.24) is 15.0 Å². The number of thiazole rings is 1. The number of H-pyrrole nitrogens is 1. The number of carbonyl (C=O) groups excluding carboxylic acids is 1. The standard InChI is InChI=1S/C18H12N4O2S/c23-15-8-5-12(10-20-15)16(24)21-13-6-3-11(4-7-13)17-22-14-2-1-9-19-18(14)25-17/h1-10H,(H,20,23)(H,21,24). The van der Waals surface area contributed by atoms with Crippen LogP contribution >= 0.6 is 11.3 Å². The summed E-state index contributed by atoms with van der Waals surface area (Å²) in [6.07, 6.45) is 3.14. The molecule has 0 saturated carbocycles. The van der Waals surface area contributed by atoms with Crippen LogP contribution in [0.2, 0.25) is 0 Å². The molecule has 7 heteroatoms. The molecule has 4 aromatic rings. The average Bonchev–Trinajstić information content (AvgIpc) is 3.07. The highest BCUT2D eigenvalue weighted by atomic mass is 32.1. The average molecular weight is 348 g/mol. The Morgan fingerprint density at radius 1 is 1.08 bits per heavy atom. The first-order valence-corrected chi connectivity index (χ1v) is 8.33. The van der Waals surface area contributed by atoms with Gasteiger partial charge in [0.05, 0.1) is 5.56 Å². The van der Waals surface area contributed by atoms with Crippen LogP contribution in [0.4, 0.5) is 5.69 Å². The molecular formula is C18H12N4O2S. The number of amides is 1.